The van der Waals surface area contributed by atoms with Crippen molar-refractivity contribution in [3.63, 3.8) is 0 Å². The number of aryl methyl sites for hydroxylation is 1. The van der Waals surface area contributed by atoms with Crippen molar-refractivity contribution in [2.24, 2.45) is 0 Å². The molecule has 0 aliphatic heterocycles. The van der Waals surface area contributed by atoms with Crippen molar-refractivity contribution in [3.05, 3.63) is 42.0 Å². The normalized spacial score (nSPS) is 8.60. The molecule has 3 heteroatoms. The van der Waals surface area contributed by atoms with Gasteiger partial charge in [-0.25, -0.2) is 0 Å². The zero-order valence-corrected chi connectivity index (χ0v) is 14.9. The summed E-state index contributed by atoms with van der Waals surface area (Å²) in [5.41, 5.74) is 1.49. The SMILES string of the molecule is CCC[c-]1ccc2ccccc21.I.I.[Ti]. The number of benzene rings is 1. The number of rotatable bonds is 2. The summed E-state index contributed by atoms with van der Waals surface area (Å²) in [5.74, 6) is 0. The van der Waals surface area contributed by atoms with Crippen molar-refractivity contribution in [2.45, 2.75) is 19.8 Å². The number of hydrogen-bond donors (Lipinski definition) is 0. The monoisotopic (exact) mass is 461 g/mol. The Morgan fingerprint density at radius 1 is 1.07 bits per heavy atom. The van der Waals surface area contributed by atoms with E-state index in [9.17, 15) is 0 Å². The zero-order valence-electron chi connectivity index (χ0n) is 8.69. The first-order valence-corrected chi connectivity index (χ1v) is 4.55. The van der Waals surface area contributed by atoms with Gasteiger partial charge in [0.05, 0.1) is 0 Å². The van der Waals surface area contributed by atoms with Crippen molar-refractivity contribution in [2.75, 3.05) is 0 Å². The topological polar surface area (TPSA) is 0 Å². The van der Waals surface area contributed by atoms with Crippen LogP contribution in [0.25, 0.3) is 10.8 Å². The summed E-state index contributed by atoms with van der Waals surface area (Å²) in [4.78, 5) is 0. The van der Waals surface area contributed by atoms with Crippen LogP contribution in [0, 0.1) is 0 Å². The van der Waals surface area contributed by atoms with Crippen molar-refractivity contribution in [3.8, 4) is 0 Å². The third-order valence-electron chi connectivity index (χ3n) is 2.29. The molecule has 0 spiro atoms. The van der Waals surface area contributed by atoms with E-state index in [2.05, 4.69) is 43.3 Å². The Balaban J connectivity index is 0. The maximum absolute atomic E-state index is 2.24. The molecule has 0 saturated carbocycles. The first-order chi connectivity index (χ1) is 5.92. The molecule has 0 unspecified atom stereocenters. The zero-order chi connectivity index (χ0) is 8.39. The predicted octanol–water partition coefficient (Wildman–Crippen LogP) is 4.74. The van der Waals surface area contributed by atoms with Gasteiger partial charge in [0.15, 0.2) is 0 Å². The third kappa shape index (κ3) is 4.40. The molecule has 0 aromatic heterocycles. The summed E-state index contributed by atoms with van der Waals surface area (Å²) in [5, 5.41) is 2.81. The Hall–Kier alpha value is 1.00. The first-order valence-electron chi connectivity index (χ1n) is 4.55. The Morgan fingerprint density at radius 3 is 2.40 bits per heavy atom. The van der Waals surface area contributed by atoms with Gasteiger partial charge in [0, 0.05) is 21.7 Å². The second-order valence-corrected chi connectivity index (χ2v) is 3.20. The van der Waals surface area contributed by atoms with Crippen LogP contribution in [0.15, 0.2) is 36.4 Å². The van der Waals surface area contributed by atoms with Gasteiger partial charge in [0.25, 0.3) is 0 Å². The second kappa shape index (κ2) is 9.08. The molecule has 0 nitrogen and oxygen atoms in total. The Labute approximate surface area is 140 Å². The van der Waals surface area contributed by atoms with Crippen LogP contribution in [0.3, 0.4) is 0 Å². The van der Waals surface area contributed by atoms with Gasteiger partial charge in [-0.3, -0.25) is 0 Å². The van der Waals surface area contributed by atoms with E-state index in [-0.39, 0.29) is 69.7 Å². The Morgan fingerprint density at radius 2 is 1.73 bits per heavy atom. The van der Waals surface area contributed by atoms with Gasteiger partial charge in [0.2, 0.25) is 0 Å². The minimum absolute atomic E-state index is 0. The van der Waals surface area contributed by atoms with Crippen LogP contribution < -0.4 is 0 Å². The van der Waals surface area contributed by atoms with E-state index in [1.165, 1.54) is 29.2 Å². The molecule has 0 aliphatic carbocycles. The Bertz CT molecular complexity index is 382. The average Bonchev–Trinajstić information content (AvgIpc) is 2.50. The molecule has 0 heterocycles. The standard InChI is InChI=1S/C12H13.2HI.Ti/c1-2-5-10-8-9-11-6-3-4-7-12(10)11;;;/h3-4,6-9H,2,5H2,1H3;2*1H;/q-1;;;. The quantitative estimate of drug-likeness (QED) is 0.345. The van der Waals surface area contributed by atoms with Gasteiger partial charge in [-0.1, -0.05) is 25.8 Å². The summed E-state index contributed by atoms with van der Waals surface area (Å²) in [7, 11) is 0. The maximum Gasteiger partial charge on any atom is 0 e. The molecule has 2 aromatic carbocycles. The van der Waals surface area contributed by atoms with E-state index >= 15 is 0 Å². The van der Waals surface area contributed by atoms with E-state index in [1.807, 2.05) is 0 Å². The number of hydrogen-bond acceptors (Lipinski definition) is 0. The van der Waals surface area contributed by atoms with Crippen LogP contribution in [0.5, 0.6) is 0 Å². The molecule has 0 fully saturated rings. The van der Waals surface area contributed by atoms with E-state index in [0.29, 0.717) is 0 Å². The molecular formula is C12H15I2Ti-. The van der Waals surface area contributed by atoms with E-state index in [1.54, 1.807) is 0 Å². The minimum Gasteiger partial charge on any atom is -0.168 e. The summed E-state index contributed by atoms with van der Waals surface area (Å²) in [6.45, 7) is 2.22. The number of halogens is 2. The van der Waals surface area contributed by atoms with Crippen molar-refractivity contribution < 1.29 is 21.7 Å². The van der Waals surface area contributed by atoms with Gasteiger partial charge in [0.1, 0.15) is 0 Å². The molecule has 15 heavy (non-hydrogen) atoms. The molecule has 0 N–H and O–H groups in total. The summed E-state index contributed by atoms with van der Waals surface area (Å²) >= 11 is 0. The molecule has 0 amide bonds. The molecule has 0 aliphatic rings. The van der Waals surface area contributed by atoms with Gasteiger partial charge in [-0.05, 0) is 0 Å². The fraction of sp³-hybridized carbons (Fsp3) is 0.250. The predicted molar refractivity (Wildman–Crippen MR) is 84.4 cm³/mol. The second-order valence-electron chi connectivity index (χ2n) is 3.20. The van der Waals surface area contributed by atoms with Crippen LogP contribution in [0.4, 0.5) is 0 Å². The van der Waals surface area contributed by atoms with Crippen molar-refractivity contribution in [1.82, 2.24) is 0 Å². The maximum atomic E-state index is 2.24. The van der Waals surface area contributed by atoms with E-state index in [0.717, 1.165) is 0 Å². The molecule has 0 atom stereocenters. The fourth-order valence-corrected chi connectivity index (χ4v) is 1.70. The van der Waals surface area contributed by atoms with Crippen molar-refractivity contribution >= 4 is 58.7 Å². The molecule has 0 radical (unpaired) electrons. The summed E-state index contributed by atoms with van der Waals surface area (Å²) in [6, 6.07) is 13.0. The average molecular weight is 461 g/mol. The molecule has 2 rings (SSSR count). The molecular weight excluding hydrogens is 446 g/mol. The van der Waals surface area contributed by atoms with Gasteiger partial charge < -0.3 is 0 Å². The van der Waals surface area contributed by atoms with Crippen LogP contribution >= 0.6 is 48.0 Å². The number of fused-ring (bicyclic) bond motifs is 1. The fourth-order valence-electron chi connectivity index (χ4n) is 1.70. The van der Waals surface area contributed by atoms with Gasteiger partial charge in [-0.2, -0.15) is 6.07 Å². The molecule has 2 aromatic rings. The van der Waals surface area contributed by atoms with Crippen LogP contribution in [0.2, 0.25) is 0 Å². The molecule has 82 valence electrons. The van der Waals surface area contributed by atoms with Crippen LogP contribution in [-0.2, 0) is 28.1 Å². The third-order valence-corrected chi connectivity index (χ3v) is 2.29. The van der Waals surface area contributed by atoms with Gasteiger partial charge >= 0.3 is 0 Å². The molecule has 0 bridgehead atoms. The van der Waals surface area contributed by atoms with Crippen molar-refractivity contribution in [1.29, 1.82) is 0 Å². The Kier molecular flexibility index (Phi) is 11.1. The van der Waals surface area contributed by atoms with Crippen LogP contribution in [0.1, 0.15) is 18.9 Å². The summed E-state index contributed by atoms with van der Waals surface area (Å²) < 4.78 is 0. The smallest absolute Gasteiger partial charge is 0 e. The van der Waals surface area contributed by atoms with Gasteiger partial charge in [-0.15, -0.1) is 88.6 Å². The van der Waals surface area contributed by atoms with E-state index < -0.39 is 0 Å². The van der Waals surface area contributed by atoms with E-state index in [4.69, 9.17) is 0 Å². The van der Waals surface area contributed by atoms with Crippen LogP contribution in [-0.4, -0.2) is 0 Å². The summed E-state index contributed by atoms with van der Waals surface area (Å²) in [6.07, 6.45) is 2.43. The minimum atomic E-state index is 0. The largest absolute Gasteiger partial charge is 0.168 e. The first kappa shape index (κ1) is 18.4. The molecule has 0 saturated heterocycles.